The van der Waals surface area contributed by atoms with Gasteiger partial charge in [0, 0.05) is 18.1 Å². The van der Waals surface area contributed by atoms with E-state index in [1.807, 2.05) is 48.5 Å². The lowest BCUT2D eigenvalue weighted by Gasteiger charge is -2.29. The molecule has 0 amide bonds. The topological polar surface area (TPSA) is 51.9 Å². The van der Waals surface area contributed by atoms with Crippen molar-refractivity contribution in [2.75, 3.05) is 6.73 Å². The fourth-order valence-electron chi connectivity index (χ4n) is 3.62. The SMILES string of the molecule is O=c1c(Oc2ccccc2Br)coc2c3c(ccc12)OCN(Cc1ccccc1Cl)C3. The first-order valence-corrected chi connectivity index (χ1v) is 10.9. The molecule has 0 spiro atoms. The van der Waals surface area contributed by atoms with Gasteiger partial charge in [0.1, 0.15) is 30.1 Å². The number of para-hydroxylation sites is 1. The van der Waals surface area contributed by atoms with E-state index in [9.17, 15) is 4.79 Å². The Morgan fingerprint density at radius 3 is 2.68 bits per heavy atom. The van der Waals surface area contributed by atoms with E-state index in [1.165, 1.54) is 6.26 Å². The molecule has 0 fully saturated rings. The van der Waals surface area contributed by atoms with Crippen molar-refractivity contribution in [3.8, 4) is 17.2 Å². The molecule has 0 radical (unpaired) electrons. The molecule has 0 bridgehead atoms. The zero-order valence-electron chi connectivity index (χ0n) is 16.3. The first-order chi connectivity index (χ1) is 15.1. The number of fused-ring (bicyclic) bond motifs is 3. The molecule has 31 heavy (non-hydrogen) atoms. The van der Waals surface area contributed by atoms with Crippen molar-refractivity contribution < 1.29 is 13.9 Å². The predicted molar refractivity (Wildman–Crippen MR) is 123 cm³/mol. The Hall–Kier alpha value is -2.80. The van der Waals surface area contributed by atoms with Gasteiger partial charge in [-0.05, 0) is 51.8 Å². The lowest BCUT2D eigenvalue weighted by molar-refractivity contribution is 0.0890. The Labute approximate surface area is 191 Å². The average molecular weight is 499 g/mol. The molecule has 7 heteroatoms. The van der Waals surface area contributed by atoms with Gasteiger partial charge in [-0.25, -0.2) is 0 Å². The molecule has 3 aromatic carbocycles. The third-order valence-electron chi connectivity index (χ3n) is 5.16. The van der Waals surface area contributed by atoms with Crippen molar-refractivity contribution >= 4 is 38.5 Å². The van der Waals surface area contributed by atoms with Crippen LogP contribution in [0.1, 0.15) is 11.1 Å². The van der Waals surface area contributed by atoms with Crippen LogP contribution in [0, 0.1) is 0 Å². The second kappa shape index (κ2) is 8.38. The third kappa shape index (κ3) is 3.94. The molecule has 5 rings (SSSR count). The van der Waals surface area contributed by atoms with Gasteiger partial charge in [-0.3, -0.25) is 9.69 Å². The van der Waals surface area contributed by atoms with Crippen molar-refractivity contribution in [2.24, 2.45) is 0 Å². The maximum Gasteiger partial charge on any atom is 0.235 e. The van der Waals surface area contributed by atoms with Crippen LogP contribution in [0.25, 0.3) is 11.0 Å². The van der Waals surface area contributed by atoms with Crippen molar-refractivity contribution in [1.82, 2.24) is 4.90 Å². The number of nitrogens with zero attached hydrogens (tertiary/aromatic N) is 1. The van der Waals surface area contributed by atoms with Crippen molar-refractivity contribution in [1.29, 1.82) is 0 Å². The Kier molecular flexibility index (Phi) is 5.44. The smallest absolute Gasteiger partial charge is 0.235 e. The van der Waals surface area contributed by atoms with E-state index in [0.29, 0.717) is 47.3 Å². The van der Waals surface area contributed by atoms with Crippen LogP contribution >= 0.6 is 27.5 Å². The van der Waals surface area contributed by atoms with Crippen LogP contribution in [-0.4, -0.2) is 11.6 Å². The Morgan fingerprint density at radius 2 is 1.84 bits per heavy atom. The minimum absolute atomic E-state index is 0.129. The van der Waals surface area contributed by atoms with Gasteiger partial charge >= 0.3 is 0 Å². The van der Waals surface area contributed by atoms with E-state index in [-0.39, 0.29) is 11.2 Å². The first-order valence-electron chi connectivity index (χ1n) is 9.68. The molecular weight excluding hydrogens is 482 g/mol. The molecule has 156 valence electrons. The number of halogens is 2. The molecule has 0 saturated carbocycles. The van der Waals surface area contributed by atoms with Crippen LogP contribution in [0.2, 0.25) is 5.02 Å². The van der Waals surface area contributed by atoms with E-state index in [2.05, 4.69) is 20.8 Å². The summed E-state index contributed by atoms with van der Waals surface area (Å²) in [5.74, 6) is 1.39. The Balaban J connectivity index is 1.48. The van der Waals surface area contributed by atoms with Crippen molar-refractivity contribution in [2.45, 2.75) is 13.1 Å². The largest absolute Gasteiger partial charge is 0.478 e. The molecule has 0 aliphatic carbocycles. The van der Waals surface area contributed by atoms with Crippen molar-refractivity contribution in [3.63, 3.8) is 0 Å². The summed E-state index contributed by atoms with van der Waals surface area (Å²) in [6.07, 6.45) is 1.36. The summed E-state index contributed by atoms with van der Waals surface area (Å²) in [5.41, 5.74) is 2.12. The summed E-state index contributed by atoms with van der Waals surface area (Å²) in [6.45, 7) is 1.63. The third-order valence-corrected chi connectivity index (χ3v) is 6.19. The molecule has 1 aliphatic rings. The summed E-state index contributed by atoms with van der Waals surface area (Å²) < 4.78 is 18.4. The maximum absolute atomic E-state index is 13.1. The number of hydrogen-bond acceptors (Lipinski definition) is 5. The standard InChI is InChI=1S/C24H17BrClNO4/c25-18-6-2-4-8-21(18)31-22-13-29-24-16(23(22)28)9-10-20-17(24)12-27(14-30-20)11-15-5-1-3-7-19(15)26/h1-10,13H,11-12,14H2. The summed E-state index contributed by atoms with van der Waals surface area (Å²) in [6, 6.07) is 18.6. The number of benzene rings is 3. The van der Waals surface area contributed by atoms with Gasteiger partial charge in [0.15, 0.2) is 0 Å². The van der Waals surface area contributed by atoms with Crippen LogP contribution in [0.5, 0.6) is 17.2 Å². The second-order valence-corrected chi connectivity index (χ2v) is 8.49. The van der Waals surface area contributed by atoms with Crippen LogP contribution in [0.15, 0.2) is 80.6 Å². The van der Waals surface area contributed by atoms with Crippen LogP contribution in [0.3, 0.4) is 0 Å². The minimum Gasteiger partial charge on any atom is -0.478 e. The monoisotopic (exact) mass is 497 g/mol. The molecule has 0 N–H and O–H groups in total. The predicted octanol–water partition coefficient (Wildman–Crippen LogP) is 6.35. The van der Waals surface area contributed by atoms with Crippen LogP contribution in [-0.2, 0) is 13.1 Å². The summed E-state index contributed by atoms with van der Waals surface area (Å²) in [4.78, 5) is 15.2. The molecule has 2 heterocycles. The highest BCUT2D eigenvalue weighted by molar-refractivity contribution is 9.10. The minimum atomic E-state index is -0.233. The normalized spacial score (nSPS) is 13.6. The second-order valence-electron chi connectivity index (χ2n) is 7.23. The number of hydrogen-bond donors (Lipinski definition) is 0. The molecule has 1 aliphatic heterocycles. The molecule has 0 unspecified atom stereocenters. The highest BCUT2D eigenvalue weighted by Gasteiger charge is 2.23. The first kappa shape index (κ1) is 20.1. The van der Waals surface area contributed by atoms with Crippen molar-refractivity contribution in [3.05, 3.63) is 97.8 Å². The summed E-state index contributed by atoms with van der Waals surface area (Å²) >= 11 is 9.74. The average Bonchev–Trinajstić information content (AvgIpc) is 2.78. The van der Waals surface area contributed by atoms with Gasteiger partial charge in [-0.15, -0.1) is 0 Å². The van der Waals surface area contributed by atoms with E-state index in [0.717, 1.165) is 15.6 Å². The van der Waals surface area contributed by atoms with Gasteiger partial charge in [0.25, 0.3) is 0 Å². The van der Waals surface area contributed by atoms with E-state index in [1.54, 1.807) is 12.1 Å². The van der Waals surface area contributed by atoms with E-state index in [4.69, 9.17) is 25.5 Å². The molecule has 4 aromatic rings. The van der Waals surface area contributed by atoms with E-state index >= 15 is 0 Å². The van der Waals surface area contributed by atoms with E-state index < -0.39 is 0 Å². The lowest BCUT2D eigenvalue weighted by Crippen LogP contribution is -2.31. The Morgan fingerprint density at radius 1 is 1.03 bits per heavy atom. The zero-order valence-corrected chi connectivity index (χ0v) is 18.7. The molecule has 5 nitrogen and oxygen atoms in total. The maximum atomic E-state index is 13.1. The molecular formula is C24H17BrClNO4. The van der Waals surface area contributed by atoms with Crippen LogP contribution < -0.4 is 14.9 Å². The molecule has 0 saturated heterocycles. The van der Waals surface area contributed by atoms with Gasteiger partial charge in [0.2, 0.25) is 11.2 Å². The number of ether oxygens (including phenoxy) is 2. The van der Waals surface area contributed by atoms with Gasteiger partial charge in [-0.2, -0.15) is 0 Å². The molecule has 1 aromatic heterocycles. The van der Waals surface area contributed by atoms with Crippen LogP contribution in [0.4, 0.5) is 0 Å². The Bertz CT molecular complexity index is 1340. The van der Waals surface area contributed by atoms with Gasteiger partial charge < -0.3 is 13.9 Å². The summed E-state index contributed by atoms with van der Waals surface area (Å²) in [5, 5.41) is 1.16. The zero-order chi connectivity index (χ0) is 21.4. The van der Waals surface area contributed by atoms with Gasteiger partial charge in [-0.1, -0.05) is 41.9 Å². The number of rotatable bonds is 4. The molecule has 0 atom stereocenters. The van der Waals surface area contributed by atoms with Gasteiger partial charge in [0.05, 0.1) is 15.4 Å². The highest BCUT2D eigenvalue weighted by atomic mass is 79.9. The fraction of sp³-hybridized carbons (Fsp3) is 0.125. The highest BCUT2D eigenvalue weighted by Crippen LogP contribution is 2.34. The quantitative estimate of drug-likeness (QED) is 0.328. The summed E-state index contributed by atoms with van der Waals surface area (Å²) in [7, 11) is 0. The fourth-order valence-corrected chi connectivity index (χ4v) is 4.18. The lowest BCUT2D eigenvalue weighted by atomic mass is 10.1.